The predicted molar refractivity (Wildman–Crippen MR) is 134 cm³/mol. The van der Waals surface area contributed by atoms with Crippen LogP contribution in [0.5, 0.6) is 5.75 Å². The summed E-state index contributed by atoms with van der Waals surface area (Å²) in [5.74, 6) is -0.220. The number of amides is 1. The maximum Gasteiger partial charge on any atom is 0.244 e. The first-order valence-electron chi connectivity index (χ1n) is 10.8. The first-order valence-corrected chi connectivity index (χ1v) is 11.2. The number of pyridine rings is 1. The van der Waals surface area contributed by atoms with Crippen LogP contribution in [0, 0.1) is 0 Å². The van der Waals surface area contributed by atoms with Gasteiger partial charge in [-0.3, -0.25) is 14.4 Å². The van der Waals surface area contributed by atoms with E-state index in [9.17, 15) is 14.4 Å². The number of nitrogens with zero attached hydrogens (tertiary/aromatic N) is 1. The summed E-state index contributed by atoms with van der Waals surface area (Å²) in [5, 5.41) is 3.46. The molecular formula is C27H23ClN2O4. The molecule has 7 heteroatoms. The van der Waals surface area contributed by atoms with Gasteiger partial charge >= 0.3 is 0 Å². The summed E-state index contributed by atoms with van der Waals surface area (Å²) in [6.45, 7) is 1.91. The molecule has 0 bridgehead atoms. The van der Waals surface area contributed by atoms with Gasteiger partial charge in [0.2, 0.25) is 11.3 Å². The molecule has 0 aliphatic heterocycles. The number of halogens is 1. The van der Waals surface area contributed by atoms with E-state index in [2.05, 4.69) is 5.32 Å². The molecule has 3 aromatic carbocycles. The Labute approximate surface area is 201 Å². The van der Waals surface area contributed by atoms with Crippen LogP contribution in [0.2, 0.25) is 5.02 Å². The number of aryl methyl sites for hydroxylation is 1. The van der Waals surface area contributed by atoms with E-state index >= 15 is 0 Å². The molecule has 1 N–H and O–H groups in total. The van der Waals surface area contributed by atoms with Crippen LogP contribution >= 0.6 is 11.6 Å². The zero-order valence-electron chi connectivity index (χ0n) is 18.8. The zero-order valence-corrected chi connectivity index (χ0v) is 19.6. The molecule has 172 valence electrons. The summed E-state index contributed by atoms with van der Waals surface area (Å²) in [6.07, 6.45) is 2.29. The lowest BCUT2D eigenvalue weighted by molar-refractivity contribution is -0.116. The largest absolute Gasteiger partial charge is 0.495 e. The van der Waals surface area contributed by atoms with Crippen molar-refractivity contribution in [1.82, 2.24) is 4.57 Å². The third kappa shape index (κ3) is 4.72. The van der Waals surface area contributed by atoms with E-state index in [1.54, 1.807) is 53.1 Å². The van der Waals surface area contributed by atoms with Gasteiger partial charge < -0.3 is 14.6 Å². The fraction of sp³-hybridized carbons (Fsp3) is 0.148. The summed E-state index contributed by atoms with van der Waals surface area (Å²) in [7, 11) is 1.52. The van der Waals surface area contributed by atoms with E-state index < -0.39 is 11.2 Å². The lowest BCUT2D eigenvalue weighted by Gasteiger charge is -2.15. The molecule has 0 unspecified atom stereocenters. The van der Waals surface area contributed by atoms with E-state index in [1.807, 2.05) is 19.1 Å². The minimum Gasteiger partial charge on any atom is -0.495 e. The molecule has 0 saturated carbocycles. The molecule has 0 spiro atoms. The van der Waals surface area contributed by atoms with Crippen molar-refractivity contribution in [3.8, 4) is 5.75 Å². The van der Waals surface area contributed by atoms with Gasteiger partial charge in [0.25, 0.3) is 0 Å². The summed E-state index contributed by atoms with van der Waals surface area (Å²) < 4.78 is 6.88. The second kappa shape index (κ2) is 9.93. The lowest BCUT2D eigenvalue weighted by atomic mass is 10.0. The normalized spacial score (nSPS) is 10.8. The Morgan fingerprint density at radius 3 is 2.47 bits per heavy atom. The predicted octanol–water partition coefficient (Wildman–Crippen LogP) is 5.10. The number of carbonyl (C=O) groups is 2. The number of ether oxygens (including phenoxy) is 1. The average molecular weight is 475 g/mol. The number of nitrogens with one attached hydrogen (secondary N) is 1. The van der Waals surface area contributed by atoms with Crippen molar-refractivity contribution in [1.29, 1.82) is 0 Å². The van der Waals surface area contributed by atoms with Crippen molar-refractivity contribution < 1.29 is 14.3 Å². The second-order valence-corrected chi connectivity index (χ2v) is 8.23. The van der Waals surface area contributed by atoms with E-state index in [1.165, 1.54) is 19.4 Å². The van der Waals surface area contributed by atoms with Gasteiger partial charge in [-0.25, -0.2) is 0 Å². The van der Waals surface area contributed by atoms with E-state index in [0.717, 1.165) is 12.0 Å². The van der Waals surface area contributed by atoms with Crippen molar-refractivity contribution in [2.45, 2.75) is 19.9 Å². The molecule has 6 nitrogen and oxygen atoms in total. The molecule has 0 aliphatic carbocycles. The van der Waals surface area contributed by atoms with Gasteiger partial charge in [-0.05, 0) is 42.3 Å². The highest BCUT2D eigenvalue weighted by Gasteiger charge is 2.19. The van der Waals surface area contributed by atoms with E-state index in [4.69, 9.17) is 16.3 Å². The molecule has 4 rings (SSSR count). The summed E-state index contributed by atoms with van der Waals surface area (Å²) in [6, 6.07) is 19.0. The zero-order chi connectivity index (χ0) is 24.2. The Hall–Kier alpha value is -3.90. The smallest absolute Gasteiger partial charge is 0.244 e. The third-order valence-corrected chi connectivity index (χ3v) is 5.84. The van der Waals surface area contributed by atoms with Crippen molar-refractivity contribution in [3.63, 3.8) is 0 Å². The molecule has 0 fully saturated rings. The number of methoxy groups -OCH3 is 1. The quantitative estimate of drug-likeness (QED) is 0.378. The third-order valence-electron chi connectivity index (χ3n) is 5.61. The van der Waals surface area contributed by atoms with Crippen molar-refractivity contribution in [2.24, 2.45) is 0 Å². The molecule has 0 radical (unpaired) electrons. The number of fused-ring (bicyclic) bond motifs is 1. The van der Waals surface area contributed by atoms with Crippen LogP contribution in [0.1, 0.15) is 28.4 Å². The van der Waals surface area contributed by atoms with Crippen LogP contribution in [-0.2, 0) is 17.8 Å². The fourth-order valence-electron chi connectivity index (χ4n) is 3.80. The van der Waals surface area contributed by atoms with Gasteiger partial charge in [0.05, 0.1) is 23.9 Å². The van der Waals surface area contributed by atoms with Crippen LogP contribution < -0.4 is 15.5 Å². The number of para-hydroxylation sites is 2. The molecular weight excluding hydrogens is 452 g/mol. The Kier molecular flexibility index (Phi) is 6.80. The fourth-order valence-corrected chi connectivity index (χ4v) is 3.97. The monoisotopic (exact) mass is 474 g/mol. The number of benzene rings is 3. The summed E-state index contributed by atoms with van der Waals surface area (Å²) in [5.41, 5.74) is 2.07. The molecule has 0 aliphatic rings. The SMILES string of the molecule is CCc1ccc(C(=O)c2cn(CC(=O)Nc3ccccc3OC)c3ccc(Cl)cc3c2=O)cc1. The van der Waals surface area contributed by atoms with Gasteiger partial charge in [0.1, 0.15) is 12.3 Å². The average Bonchev–Trinajstić information content (AvgIpc) is 2.85. The first kappa shape index (κ1) is 23.3. The van der Waals surface area contributed by atoms with Crippen LogP contribution in [0.3, 0.4) is 0 Å². The van der Waals surface area contributed by atoms with Crippen LogP contribution in [0.15, 0.2) is 77.7 Å². The number of rotatable bonds is 7. The molecule has 1 amide bonds. The Bertz CT molecular complexity index is 1440. The van der Waals surface area contributed by atoms with Gasteiger partial charge in [-0.1, -0.05) is 54.9 Å². The Balaban J connectivity index is 1.75. The van der Waals surface area contributed by atoms with Crippen molar-refractivity contribution >= 4 is 39.9 Å². The minimum absolute atomic E-state index is 0.0240. The van der Waals surface area contributed by atoms with Gasteiger partial charge in [-0.15, -0.1) is 0 Å². The lowest BCUT2D eigenvalue weighted by Crippen LogP contribution is -2.24. The second-order valence-electron chi connectivity index (χ2n) is 7.79. The van der Waals surface area contributed by atoms with E-state index in [-0.39, 0.29) is 23.4 Å². The molecule has 0 saturated heterocycles. The highest BCUT2D eigenvalue weighted by molar-refractivity contribution is 6.31. The van der Waals surface area contributed by atoms with Crippen LogP contribution in [-0.4, -0.2) is 23.4 Å². The topological polar surface area (TPSA) is 77.4 Å². The highest BCUT2D eigenvalue weighted by atomic mass is 35.5. The number of aromatic nitrogens is 1. The van der Waals surface area contributed by atoms with E-state index in [0.29, 0.717) is 27.5 Å². The van der Waals surface area contributed by atoms with Gasteiger partial charge in [0.15, 0.2) is 5.78 Å². The summed E-state index contributed by atoms with van der Waals surface area (Å²) in [4.78, 5) is 39.4. The van der Waals surface area contributed by atoms with Gasteiger partial charge in [0, 0.05) is 22.2 Å². The first-order chi connectivity index (χ1) is 16.4. The maximum atomic E-state index is 13.2. The Morgan fingerprint density at radius 2 is 1.76 bits per heavy atom. The number of hydrogen-bond donors (Lipinski definition) is 1. The molecule has 0 atom stereocenters. The molecule has 4 aromatic rings. The molecule has 1 aromatic heterocycles. The standard InChI is InChI=1S/C27H23ClN2O4/c1-3-17-8-10-18(11-9-17)26(32)21-15-30(23-13-12-19(28)14-20(23)27(21)33)16-25(31)29-22-6-4-5-7-24(22)34-2/h4-15H,3,16H2,1-2H3,(H,29,31). The molecule has 1 heterocycles. The number of anilines is 1. The van der Waals surface area contributed by atoms with Crippen LogP contribution in [0.4, 0.5) is 5.69 Å². The minimum atomic E-state index is -0.427. The molecule has 34 heavy (non-hydrogen) atoms. The summed E-state index contributed by atoms with van der Waals surface area (Å²) >= 11 is 6.15. The maximum absolute atomic E-state index is 13.2. The van der Waals surface area contributed by atoms with Crippen molar-refractivity contribution in [3.05, 3.63) is 105 Å². The highest BCUT2D eigenvalue weighted by Crippen LogP contribution is 2.24. The van der Waals surface area contributed by atoms with Crippen LogP contribution in [0.25, 0.3) is 10.9 Å². The van der Waals surface area contributed by atoms with Gasteiger partial charge in [-0.2, -0.15) is 0 Å². The van der Waals surface area contributed by atoms with Crippen molar-refractivity contribution in [2.75, 3.05) is 12.4 Å². The number of ketones is 1. The number of carbonyl (C=O) groups excluding carboxylic acids is 2. The number of hydrogen-bond acceptors (Lipinski definition) is 4. The Morgan fingerprint density at radius 1 is 1.03 bits per heavy atom.